The van der Waals surface area contributed by atoms with Crippen LogP contribution in [0.4, 0.5) is 5.69 Å². The van der Waals surface area contributed by atoms with E-state index in [9.17, 15) is 4.79 Å². The van der Waals surface area contributed by atoms with E-state index in [0.717, 1.165) is 50.6 Å². The molecule has 1 amide bonds. The van der Waals surface area contributed by atoms with Crippen LogP contribution in [0.2, 0.25) is 0 Å². The van der Waals surface area contributed by atoms with Gasteiger partial charge in [-0.05, 0) is 43.9 Å². The van der Waals surface area contributed by atoms with E-state index in [0.29, 0.717) is 6.54 Å². The molecule has 0 saturated carbocycles. The highest BCUT2D eigenvalue weighted by Gasteiger charge is 2.14. The first-order chi connectivity index (χ1) is 11.7. The lowest BCUT2D eigenvalue weighted by atomic mass is 10.1. The maximum Gasteiger partial charge on any atom is 0.221 e. The summed E-state index contributed by atoms with van der Waals surface area (Å²) in [7, 11) is 0. The van der Waals surface area contributed by atoms with Gasteiger partial charge in [0.1, 0.15) is 0 Å². The predicted octanol–water partition coefficient (Wildman–Crippen LogP) is 1.92. The largest absolute Gasteiger partial charge is 0.376 e. The molecular formula is C18H28N4O2. The number of hydrogen-bond donors (Lipinski definition) is 3. The fourth-order valence-corrected chi connectivity index (χ4v) is 2.61. The fraction of sp³-hybridized carbons (Fsp3) is 0.556. The molecule has 6 nitrogen and oxygen atoms in total. The summed E-state index contributed by atoms with van der Waals surface area (Å²) in [6.45, 7) is 6.78. The minimum absolute atomic E-state index is 0.0536. The molecule has 1 unspecified atom stereocenters. The molecule has 1 saturated heterocycles. The van der Waals surface area contributed by atoms with Crippen molar-refractivity contribution in [1.82, 2.24) is 10.6 Å². The normalized spacial score (nSPS) is 17.6. The van der Waals surface area contributed by atoms with Crippen LogP contribution in [0.15, 0.2) is 29.3 Å². The van der Waals surface area contributed by atoms with Crippen molar-refractivity contribution >= 4 is 17.6 Å². The van der Waals surface area contributed by atoms with E-state index in [-0.39, 0.29) is 12.0 Å². The van der Waals surface area contributed by atoms with E-state index in [1.807, 2.05) is 24.3 Å². The molecule has 1 aliphatic heterocycles. The number of benzene rings is 1. The summed E-state index contributed by atoms with van der Waals surface area (Å²) in [4.78, 5) is 15.6. The standard InChI is InChI=1S/C18H28N4O2/c1-3-19-18(21-13-17-5-4-12-24-17)20-11-10-15-6-8-16(9-7-15)22-14(2)23/h6-9,17H,3-5,10-13H2,1-2H3,(H,22,23)(H2,19,20,21). The van der Waals surface area contributed by atoms with Crippen LogP contribution in [0.1, 0.15) is 32.3 Å². The van der Waals surface area contributed by atoms with Gasteiger partial charge in [0, 0.05) is 32.3 Å². The third-order valence-corrected chi connectivity index (χ3v) is 3.80. The van der Waals surface area contributed by atoms with Crippen molar-refractivity contribution < 1.29 is 9.53 Å². The molecule has 1 aliphatic rings. The highest BCUT2D eigenvalue weighted by molar-refractivity contribution is 5.88. The number of hydrogen-bond acceptors (Lipinski definition) is 3. The Morgan fingerprint density at radius 2 is 2.08 bits per heavy atom. The van der Waals surface area contributed by atoms with Gasteiger partial charge in [-0.15, -0.1) is 0 Å². The third kappa shape index (κ3) is 6.58. The lowest BCUT2D eigenvalue weighted by Crippen LogP contribution is -2.38. The number of aliphatic imine (C=N–C) groups is 1. The molecule has 0 aliphatic carbocycles. The summed E-state index contributed by atoms with van der Waals surface area (Å²) in [6, 6.07) is 7.91. The van der Waals surface area contributed by atoms with Crippen molar-refractivity contribution in [3.05, 3.63) is 29.8 Å². The van der Waals surface area contributed by atoms with Crippen LogP contribution in [-0.4, -0.2) is 44.2 Å². The van der Waals surface area contributed by atoms with Crippen LogP contribution in [0.25, 0.3) is 0 Å². The van der Waals surface area contributed by atoms with Crippen molar-refractivity contribution in [3.63, 3.8) is 0 Å². The van der Waals surface area contributed by atoms with Crippen molar-refractivity contribution in [1.29, 1.82) is 0 Å². The Hall–Kier alpha value is -2.08. The summed E-state index contributed by atoms with van der Waals surface area (Å²) < 4.78 is 5.60. The van der Waals surface area contributed by atoms with Gasteiger partial charge < -0.3 is 20.7 Å². The molecule has 0 spiro atoms. The lowest BCUT2D eigenvalue weighted by molar-refractivity contribution is -0.114. The topological polar surface area (TPSA) is 74.8 Å². The zero-order valence-corrected chi connectivity index (χ0v) is 14.6. The van der Waals surface area contributed by atoms with Gasteiger partial charge in [-0.25, -0.2) is 0 Å². The molecule has 6 heteroatoms. The number of nitrogens with one attached hydrogen (secondary N) is 3. The molecule has 0 bridgehead atoms. The Labute approximate surface area is 144 Å². The van der Waals surface area contributed by atoms with Crippen molar-refractivity contribution in [3.8, 4) is 0 Å². The van der Waals surface area contributed by atoms with E-state index in [2.05, 4.69) is 27.9 Å². The average molecular weight is 332 g/mol. The molecule has 1 fully saturated rings. The van der Waals surface area contributed by atoms with Gasteiger partial charge in [0.2, 0.25) is 5.91 Å². The summed E-state index contributed by atoms with van der Waals surface area (Å²) in [6.07, 6.45) is 3.40. The summed E-state index contributed by atoms with van der Waals surface area (Å²) in [5.41, 5.74) is 2.04. The molecule has 1 atom stereocenters. The number of rotatable bonds is 7. The third-order valence-electron chi connectivity index (χ3n) is 3.80. The summed E-state index contributed by atoms with van der Waals surface area (Å²) in [5.74, 6) is 0.782. The first-order valence-corrected chi connectivity index (χ1v) is 8.67. The van der Waals surface area contributed by atoms with Gasteiger partial charge in [-0.1, -0.05) is 12.1 Å². The quantitative estimate of drug-likeness (QED) is 0.527. The Balaban J connectivity index is 1.76. The molecule has 132 valence electrons. The van der Waals surface area contributed by atoms with Crippen LogP contribution in [0.3, 0.4) is 0 Å². The number of carbonyl (C=O) groups excluding carboxylic acids is 1. The second kappa shape index (κ2) is 9.93. The molecule has 1 heterocycles. The van der Waals surface area contributed by atoms with Crippen LogP contribution in [-0.2, 0) is 16.0 Å². The van der Waals surface area contributed by atoms with Gasteiger partial charge in [0.25, 0.3) is 0 Å². The highest BCUT2D eigenvalue weighted by Crippen LogP contribution is 2.12. The number of nitrogens with zero attached hydrogens (tertiary/aromatic N) is 1. The first-order valence-electron chi connectivity index (χ1n) is 8.67. The first kappa shape index (κ1) is 18.3. The zero-order valence-electron chi connectivity index (χ0n) is 14.6. The SMILES string of the molecule is CCNC(=NCC1CCCO1)NCCc1ccc(NC(C)=O)cc1. The highest BCUT2D eigenvalue weighted by atomic mass is 16.5. The Morgan fingerprint density at radius 3 is 2.71 bits per heavy atom. The number of guanidine groups is 1. The smallest absolute Gasteiger partial charge is 0.221 e. The van der Waals surface area contributed by atoms with E-state index in [4.69, 9.17) is 4.74 Å². The van der Waals surface area contributed by atoms with Gasteiger partial charge in [-0.3, -0.25) is 9.79 Å². The number of anilines is 1. The minimum atomic E-state index is -0.0536. The molecule has 24 heavy (non-hydrogen) atoms. The van der Waals surface area contributed by atoms with E-state index in [1.54, 1.807) is 0 Å². The Kier molecular flexibility index (Phi) is 7.55. The van der Waals surface area contributed by atoms with E-state index < -0.39 is 0 Å². The molecule has 1 aromatic rings. The van der Waals surface area contributed by atoms with Crippen molar-refractivity contribution in [2.75, 3.05) is 31.6 Å². The van der Waals surface area contributed by atoms with Gasteiger partial charge in [-0.2, -0.15) is 0 Å². The van der Waals surface area contributed by atoms with Gasteiger partial charge in [0.05, 0.1) is 12.6 Å². The molecule has 3 N–H and O–H groups in total. The molecular weight excluding hydrogens is 304 g/mol. The fourth-order valence-electron chi connectivity index (χ4n) is 2.61. The molecule has 1 aromatic carbocycles. The lowest BCUT2D eigenvalue weighted by Gasteiger charge is -2.13. The Bertz CT molecular complexity index is 536. The maximum atomic E-state index is 11.0. The second-order valence-corrected chi connectivity index (χ2v) is 5.91. The number of ether oxygens (including phenoxy) is 1. The van der Waals surface area contributed by atoms with Crippen molar-refractivity contribution in [2.45, 2.75) is 39.2 Å². The number of amides is 1. The molecule has 2 rings (SSSR count). The number of carbonyl (C=O) groups is 1. The van der Waals surface area contributed by atoms with Crippen LogP contribution in [0, 0.1) is 0 Å². The zero-order chi connectivity index (χ0) is 17.2. The van der Waals surface area contributed by atoms with Crippen LogP contribution < -0.4 is 16.0 Å². The van der Waals surface area contributed by atoms with Crippen molar-refractivity contribution in [2.24, 2.45) is 4.99 Å². The van der Waals surface area contributed by atoms with E-state index >= 15 is 0 Å². The van der Waals surface area contributed by atoms with E-state index in [1.165, 1.54) is 12.5 Å². The average Bonchev–Trinajstić information content (AvgIpc) is 3.07. The molecule has 0 radical (unpaired) electrons. The maximum absolute atomic E-state index is 11.0. The summed E-state index contributed by atoms with van der Waals surface area (Å²) in [5, 5.41) is 9.38. The summed E-state index contributed by atoms with van der Waals surface area (Å²) >= 11 is 0. The van der Waals surface area contributed by atoms with Crippen LogP contribution >= 0.6 is 0 Å². The predicted molar refractivity (Wildman–Crippen MR) is 97.4 cm³/mol. The van der Waals surface area contributed by atoms with Gasteiger partial charge in [0.15, 0.2) is 5.96 Å². The minimum Gasteiger partial charge on any atom is -0.376 e. The second-order valence-electron chi connectivity index (χ2n) is 5.91. The Morgan fingerprint density at radius 1 is 1.29 bits per heavy atom. The molecule has 0 aromatic heterocycles. The van der Waals surface area contributed by atoms with Gasteiger partial charge >= 0.3 is 0 Å². The van der Waals surface area contributed by atoms with Crippen LogP contribution in [0.5, 0.6) is 0 Å². The monoisotopic (exact) mass is 332 g/mol.